The number of carbonyl (C=O) groups excluding carboxylic acids is 1. The third-order valence-electron chi connectivity index (χ3n) is 6.43. The van der Waals surface area contributed by atoms with Gasteiger partial charge in [0, 0.05) is 26.1 Å². The van der Waals surface area contributed by atoms with Crippen molar-refractivity contribution in [3.05, 3.63) is 0 Å². The minimum atomic E-state index is -3.25. The summed E-state index contributed by atoms with van der Waals surface area (Å²) in [7, 11) is 0. The Morgan fingerprint density at radius 2 is 1.07 bits per heavy atom. The van der Waals surface area contributed by atoms with Crippen LogP contribution in [0.3, 0.4) is 0 Å². The van der Waals surface area contributed by atoms with Crippen molar-refractivity contribution in [3.8, 4) is 0 Å². The van der Waals surface area contributed by atoms with Crippen LogP contribution in [0.15, 0.2) is 0 Å². The van der Waals surface area contributed by atoms with Gasteiger partial charge < -0.3 is 40.5 Å². The van der Waals surface area contributed by atoms with Gasteiger partial charge in [0.1, 0.15) is 0 Å². The van der Waals surface area contributed by atoms with Gasteiger partial charge in [-0.2, -0.15) is 0 Å². The molecule has 0 heterocycles. The molecule has 13 nitrogen and oxygen atoms in total. The fraction of sp³-hybridized carbons (Fsp3) is 0.857. The predicted molar refractivity (Wildman–Crippen MR) is 150 cm³/mol. The maximum Gasteiger partial charge on any atom is 0.348 e. The van der Waals surface area contributed by atoms with Gasteiger partial charge in [0.2, 0.25) is 11.7 Å². The molecule has 0 saturated carbocycles. The summed E-state index contributed by atoms with van der Waals surface area (Å²) >= 11 is 0. The van der Waals surface area contributed by atoms with Crippen LogP contribution >= 0.6 is 0 Å². The number of hydrogen-bond acceptors (Lipinski definition) is 10. The van der Waals surface area contributed by atoms with E-state index in [1.54, 1.807) is 4.90 Å². The van der Waals surface area contributed by atoms with E-state index in [1.165, 1.54) is 51.4 Å². The Labute approximate surface area is 243 Å². The molecule has 0 aliphatic heterocycles. The highest BCUT2D eigenvalue weighted by atomic mass is 16.6. The number of unbranched alkanes of at least 4 members (excludes halogenated alkanes) is 12. The Morgan fingerprint density at radius 3 is 1.39 bits per heavy atom. The first-order valence-electron chi connectivity index (χ1n) is 14.6. The van der Waals surface area contributed by atoms with E-state index >= 15 is 0 Å². The van der Waals surface area contributed by atoms with E-state index in [-0.39, 0.29) is 26.2 Å². The molecule has 13 heteroatoms. The van der Waals surface area contributed by atoms with E-state index in [9.17, 15) is 24.3 Å². The van der Waals surface area contributed by atoms with Gasteiger partial charge in [0.25, 0.3) is 0 Å². The molecule has 7 N–H and O–H groups in total. The second kappa shape index (κ2) is 26.6. The van der Waals surface area contributed by atoms with E-state index in [2.05, 4.69) is 11.7 Å². The second-order valence-corrected chi connectivity index (χ2v) is 10.0. The fourth-order valence-electron chi connectivity index (χ4n) is 4.10. The molecule has 0 aromatic carbocycles. The number of hydrogen-bond donors (Lipinski definition) is 7. The van der Waals surface area contributed by atoms with Gasteiger partial charge in [-0.15, -0.1) is 0 Å². The van der Waals surface area contributed by atoms with Crippen LogP contribution < -0.4 is 0 Å². The first kappa shape index (κ1) is 40.8. The van der Waals surface area contributed by atoms with Crippen molar-refractivity contribution in [1.82, 2.24) is 4.90 Å². The zero-order chi connectivity index (χ0) is 31.5. The number of carboxylic acids is 3. The van der Waals surface area contributed by atoms with Crippen LogP contribution in [0.4, 0.5) is 0 Å². The lowest BCUT2D eigenvalue weighted by molar-refractivity contribution is -0.197. The second-order valence-electron chi connectivity index (χ2n) is 10.0. The molecule has 2 unspecified atom stereocenters. The summed E-state index contributed by atoms with van der Waals surface area (Å²) in [6.45, 7) is 3.96. The van der Waals surface area contributed by atoms with Crippen LogP contribution in [0.2, 0.25) is 0 Å². The van der Waals surface area contributed by atoms with Crippen LogP contribution in [-0.4, -0.2) is 116 Å². The fourth-order valence-corrected chi connectivity index (χ4v) is 4.10. The van der Waals surface area contributed by atoms with Crippen LogP contribution in [0.25, 0.3) is 0 Å². The molecule has 0 spiro atoms. The third kappa shape index (κ3) is 22.0. The first-order chi connectivity index (χ1) is 19.5. The molecule has 0 amide bonds. The number of aliphatic hydroxyl groups is 4. The zero-order valence-corrected chi connectivity index (χ0v) is 24.5. The maximum atomic E-state index is 11.9. The average Bonchev–Trinajstić information content (AvgIpc) is 2.90. The van der Waals surface area contributed by atoms with Gasteiger partial charge in [-0.3, -0.25) is 14.5 Å². The highest BCUT2D eigenvalue weighted by Crippen LogP contribution is 2.21. The lowest BCUT2D eigenvalue weighted by Crippen LogP contribution is -2.56. The average molecular weight is 596 g/mol. The van der Waals surface area contributed by atoms with Crippen LogP contribution in [0.5, 0.6) is 0 Å². The van der Waals surface area contributed by atoms with Crippen molar-refractivity contribution in [3.63, 3.8) is 0 Å². The largest absolute Gasteiger partial charge is 0.481 e. The number of carboxylic acid groups (broad SMARTS) is 3. The monoisotopic (exact) mass is 595 g/mol. The number of aliphatic hydroxyl groups excluding tert-OH is 3. The number of carbonyl (C=O) groups is 4. The number of ether oxygens (including phenoxy) is 1. The van der Waals surface area contributed by atoms with Crippen molar-refractivity contribution in [1.29, 1.82) is 0 Å². The molecule has 0 fully saturated rings. The summed E-state index contributed by atoms with van der Waals surface area (Å²) < 4.78 is 4.61. The maximum absolute atomic E-state index is 11.9. The summed E-state index contributed by atoms with van der Waals surface area (Å²) in [6, 6.07) is 0. The number of aliphatic carboxylic acids is 3. The smallest absolute Gasteiger partial charge is 0.348 e. The Morgan fingerprint density at radius 1 is 0.683 bits per heavy atom. The van der Waals surface area contributed by atoms with Gasteiger partial charge in [0.15, 0.2) is 0 Å². The predicted octanol–water partition coefficient (Wildman–Crippen LogP) is 2.02. The molecule has 0 aliphatic rings. The van der Waals surface area contributed by atoms with Gasteiger partial charge in [-0.05, 0) is 6.42 Å². The molecule has 242 valence electrons. The first-order valence-corrected chi connectivity index (χ1v) is 14.6. The normalized spacial score (nSPS) is 13.1. The molecule has 0 radical (unpaired) electrons. The summed E-state index contributed by atoms with van der Waals surface area (Å²) in [5.74, 6) is -6.73. The lowest BCUT2D eigenvalue weighted by atomic mass is 9.92. The number of nitrogens with zero attached hydrogens (tertiary/aromatic N) is 1. The molecule has 2 atom stereocenters. The van der Waals surface area contributed by atoms with E-state index in [0.717, 1.165) is 25.7 Å². The topological polar surface area (TPSA) is 222 Å². The van der Waals surface area contributed by atoms with Crippen molar-refractivity contribution in [2.24, 2.45) is 0 Å². The summed E-state index contributed by atoms with van der Waals surface area (Å²) in [5.41, 5.74) is -3.25. The molecular weight excluding hydrogens is 542 g/mol. The minimum Gasteiger partial charge on any atom is -0.481 e. The molecule has 0 saturated heterocycles. The van der Waals surface area contributed by atoms with E-state index in [0.29, 0.717) is 26.1 Å². The van der Waals surface area contributed by atoms with Gasteiger partial charge in [-0.1, -0.05) is 84.0 Å². The summed E-state index contributed by atoms with van der Waals surface area (Å²) in [6.07, 6.45) is 10.4. The van der Waals surface area contributed by atoms with E-state index in [4.69, 9.17) is 30.6 Å². The van der Waals surface area contributed by atoms with Crippen LogP contribution in [0, 0.1) is 0 Å². The van der Waals surface area contributed by atoms with Crippen LogP contribution in [0.1, 0.15) is 103 Å². The minimum absolute atomic E-state index is 0.0694. The molecule has 0 bridgehead atoms. The lowest BCUT2D eigenvalue weighted by Gasteiger charge is -2.27. The summed E-state index contributed by atoms with van der Waals surface area (Å²) in [5, 5.41) is 62.3. The molecule has 41 heavy (non-hydrogen) atoms. The standard InChI is InChI=1S/C22H38O9.C6H15NO3/c1-2-3-4-5-6-7-8-9-10-11-12-13-14-15-18(25)31-19(20(26)27)22(30,21(28)29)16-17(23)24;8-4-1-7(2-5-9)3-6-10/h19,30H,2-16H2,1H3,(H,23,24)(H,26,27)(H,28,29);8-10H,1-6H2. The third-order valence-corrected chi connectivity index (χ3v) is 6.43. The van der Waals surface area contributed by atoms with Crippen molar-refractivity contribution in [2.75, 3.05) is 39.5 Å². The Kier molecular flexibility index (Phi) is 26.5. The van der Waals surface area contributed by atoms with Gasteiger partial charge in [0.05, 0.1) is 26.2 Å². The number of rotatable bonds is 26. The summed E-state index contributed by atoms with van der Waals surface area (Å²) in [4.78, 5) is 46.9. The molecule has 0 aliphatic carbocycles. The van der Waals surface area contributed by atoms with Crippen molar-refractivity contribution in [2.45, 2.75) is 115 Å². The van der Waals surface area contributed by atoms with E-state index in [1.807, 2.05) is 0 Å². The van der Waals surface area contributed by atoms with Gasteiger partial charge in [-0.25, -0.2) is 9.59 Å². The number of esters is 1. The molecule has 0 aromatic heterocycles. The Balaban J connectivity index is 0. The highest BCUT2D eigenvalue weighted by molar-refractivity contribution is 5.92. The SMILES string of the molecule is CCCCCCCCCCCCCCCC(=O)OC(C(=O)O)C(O)(CC(=O)O)C(=O)O.OCCN(CCO)CCO. The van der Waals surface area contributed by atoms with Gasteiger partial charge >= 0.3 is 23.9 Å². The quantitative estimate of drug-likeness (QED) is 0.0562. The van der Waals surface area contributed by atoms with Crippen molar-refractivity contribution < 1.29 is 59.7 Å². The molecular formula is C28H53NO12. The van der Waals surface area contributed by atoms with Crippen LogP contribution in [-0.2, 0) is 23.9 Å². The zero-order valence-electron chi connectivity index (χ0n) is 24.5. The highest BCUT2D eigenvalue weighted by Gasteiger charge is 2.53. The van der Waals surface area contributed by atoms with E-state index < -0.39 is 42.0 Å². The molecule has 0 aromatic rings. The Bertz CT molecular complexity index is 691. The molecule has 0 rings (SSSR count). The van der Waals surface area contributed by atoms with Crippen molar-refractivity contribution >= 4 is 23.9 Å². The Hall–Kier alpha value is -2.32.